The number of hydrogen-bond acceptors (Lipinski definition) is 5. The molecule has 0 aliphatic rings. The number of benzene rings is 2. The minimum absolute atomic E-state index is 0.282. The lowest BCUT2D eigenvalue weighted by atomic mass is 10.1. The summed E-state index contributed by atoms with van der Waals surface area (Å²) in [7, 11) is 0. The second-order valence-corrected chi connectivity index (χ2v) is 6.37. The number of nitrogens with zero attached hydrogens (tertiary/aromatic N) is 4. The summed E-state index contributed by atoms with van der Waals surface area (Å²) < 4.78 is 13.3. The summed E-state index contributed by atoms with van der Waals surface area (Å²) in [6.07, 6.45) is 3.56. The zero-order chi connectivity index (χ0) is 19.3. The Morgan fingerprint density at radius 1 is 0.857 bits per heavy atom. The zero-order valence-corrected chi connectivity index (χ0v) is 15.3. The highest BCUT2D eigenvalue weighted by Crippen LogP contribution is 2.24. The summed E-state index contributed by atoms with van der Waals surface area (Å²) in [6.45, 7) is 2.39. The Bertz CT molecular complexity index is 1060. The number of hydrogen-bond donors (Lipinski definition) is 1. The molecular weight excluding hydrogens is 353 g/mol. The standard InChI is InChI=1S/C22H18FN5/c1-15-12-24-21(25-13-15)14-26-20-11-19(16-7-9-18(23)10-8-16)27-22(28-20)17-5-3-2-4-6-17/h2-13H,14H2,1H3,(H,26,27,28). The van der Waals surface area contributed by atoms with Crippen molar-refractivity contribution in [2.45, 2.75) is 13.5 Å². The summed E-state index contributed by atoms with van der Waals surface area (Å²) in [5.41, 5.74) is 3.44. The van der Waals surface area contributed by atoms with E-state index in [0.29, 0.717) is 29.7 Å². The molecule has 5 nitrogen and oxygen atoms in total. The van der Waals surface area contributed by atoms with Crippen LogP contribution in [0.3, 0.4) is 0 Å². The molecule has 28 heavy (non-hydrogen) atoms. The van der Waals surface area contributed by atoms with Crippen LogP contribution in [0.4, 0.5) is 10.2 Å². The fourth-order valence-electron chi connectivity index (χ4n) is 2.70. The first-order valence-corrected chi connectivity index (χ1v) is 8.89. The molecule has 0 fully saturated rings. The van der Waals surface area contributed by atoms with Gasteiger partial charge in [0.05, 0.1) is 12.2 Å². The molecule has 0 bridgehead atoms. The van der Waals surface area contributed by atoms with Crippen molar-refractivity contribution in [1.29, 1.82) is 0 Å². The van der Waals surface area contributed by atoms with E-state index in [1.54, 1.807) is 24.5 Å². The molecule has 0 unspecified atom stereocenters. The van der Waals surface area contributed by atoms with E-state index >= 15 is 0 Å². The van der Waals surface area contributed by atoms with Gasteiger partial charge >= 0.3 is 0 Å². The number of rotatable bonds is 5. The second kappa shape index (κ2) is 7.92. The van der Waals surface area contributed by atoms with Crippen LogP contribution in [0.15, 0.2) is 73.1 Å². The van der Waals surface area contributed by atoms with Crippen molar-refractivity contribution >= 4 is 5.82 Å². The predicted molar refractivity (Wildman–Crippen MR) is 107 cm³/mol. The molecule has 0 saturated carbocycles. The fraction of sp³-hybridized carbons (Fsp3) is 0.0909. The smallest absolute Gasteiger partial charge is 0.162 e. The van der Waals surface area contributed by atoms with E-state index in [9.17, 15) is 4.39 Å². The Labute approximate surface area is 162 Å². The van der Waals surface area contributed by atoms with Gasteiger partial charge in [0.2, 0.25) is 0 Å². The maximum Gasteiger partial charge on any atom is 0.162 e. The molecule has 6 heteroatoms. The number of nitrogens with one attached hydrogen (secondary N) is 1. The maximum absolute atomic E-state index is 13.3. The zero-order valence-electron chi connectivity index (χ0n) is 15.3. The molecule has 0 amide bonds. The molecule has 2 heterocycles. The van der Waals surface area contributed by atoms with Gasteiger partial charge in [0.25, 0.3) is 0 Å². The SMILES string of the molecule is Cc1cnc(CNc2cc(-c3ccc(F)cc3)nc(-c3ccccc3)n2)nc1. The number of aromatic nitrogens is 4. The highest BCUT2D eigenvalue weighted by Gasteiger charge is 2.09. The van der Waals surface area contributed by atoms with E-state index in [2.05, 4.69) is 25.3 Å². The van der Waals surface area contributed by atoms with Crippen molar-refractivity contribution < 1.29 is 4.39 Å². The van der Waals surface area contributed by atoms with Crippen molar-refractivity contribution in [3.63, 3.8) is 0 Å². The predicted octanol–water partition coefficient (Wildman–Crippen LogP) is 4.66. The van der Waals surface area contributed by atoms with Gasteiger partial charge in [-0.15, -0.1) is 0 Å². The van der Waals surface area contributed by atoms with Crippen LogP contribution in [0.1, 0.15) is 11.4 Å². The minimum atomic E-state index is -0.282. The van der Waals surface area contributed by atoms with Gasteiger partial charge in [-0.2, -0.15) is 0 Å². The van der Waals surface area contributed by atoms with Crippen molar-refractivity contribution in [2.75, 3.05) is 5.32 Å². The van der Waals surface area contributed by atoms with Crippen LogP contribution in [0, 0.1) is 12.7 Å². The van der Waals surface area contributed by atoms with Gasteiger partial charge in [0.1, 0.15) is 17.5 Å². The van der Waals surface area contributed by atoms with Crippen LogP contribution in [0.5, 0.6) is 0 Å². The van der Waals surface area contributed by atoms with Crippen LogP contribution < -0.4 is 5.32 Å². The molecule has 4 rings (SSSR count). The average molecular weight is 371 g/mol. The fourth-order valence-corrected chi connectivity index (χ4v) is 2.70. The monoisotopic (exact) mass is 371 g/mol. The van der Waals surface area contributed by atoms with Gasteiger partial charge in [-0.1, -0.05) is 30.3 Å². The van der Waals surface area contributed by atoms with E-state index < -0.39 is 0 Å². The Kier molecular flexibility index (Phi) is 5.01. The van der Waals surface area contributed by atoms with Crippen LogP contribution in [0.25, 0.3) is 22.6 Å². The summed E-state index contributed by atoms with van der Waals surface area (Å²) >= 11 is 0. The van der Waals surface area contributed by atoms with Crippen LogP contribution >= 0.6 is 0 Å². The van der Waals surface area contributed by atoms with E-state index in [1.165, 1.54) is 12.1 Å². The first kappa shape index (κ1) is 17.7. The van der Waals surface area contributed by atoms with Gasteiger partial charge in [-0.05, 0) is 36.8 Å². The average Bonchev–Trinajstić information content (AvgIpc) is 2.74. The third kappa shape index (κ3) is 4.17. The van der Waals surface area contributed by atoms with E-state index in [4.69, 9.17) is 0 Å². The molecule has 0 radical (unpaired) electrons. The molecule has 0 atom stereocenters. The van der Waals surface area contributed by atoms with E-state index in [0.717, 1.165) is 16.7 Å². The quantitative estimate of drug-likeness (QED) is 0.553. The summed E-state index contributed by atoms with van der Waals surface area (Å²) in [6, 6.07) is 17.8. The Morgan fingerprint density at radius 2 is 1.57 bits per heavy atom. The van der Waals surface area contributed by atoms with E-state index in [1.807, 2.05) is 43.3 Å². The molecule has 0 aliphatic carbocycles. The summed E-state index contributed by atoms with van der Waals surface area (Å²) in [5, 5.41) is 3.26. The molecule has 2 aromatic heterocycles. The van der Waals surface area contributed by atoms with Gasteiger partial charge in [-0.3, -0.25) is 0 Å². The lowest BCUT2D eigenvalue weighted by Gasteiger charge is -2.10. The van der Waals surface area contributed by atoms with Gasteiger partial charge in [0, 0.05) is 29.6 Å². The topological polar surface area (TPSA) is 63.6 Å². The van der Waals surface area contributed by atoms with E-state index in [-0.39, 0.29) is 5.82 Å². The largest absolute Gasteiger partial charge is 0.363 e. The van der Waals surface area contributed by atoms with Crippen LogP contribution in [0.2, 0.25) is 0 Å². The normalized spacial score (nSPS) is 10.6. The molecule has 4 aromatic rings. The highest BCUT2D eigenvalue weighted by molar-refractivity contribution is 5.67. The first-order chi connectivity index (χ1) is 13.7. The minimum Gasteiger partial charge on any atom is -0.363 e. The van der Waals surface area contributed by atoms with Gasteiger partial charge in [-0.25, -0.2) is 24.3 Å². The first-order valence-electron chi connectivity index (χ1n) is 8.89. The maximum atomic E-state index is 13.3. The lowest BCUT2D eigenvalue weighted by molar-refractivity contribution is 0.628. The number of anilines is 1. The molecule has 0 aliphatic heterocycles. The lowest BCUT2D eigenvalue weighted by Crippen LogP contribution is -2.07. The van der Waals surface area contributed by atoms with Gasteiger partial charge < -0.3 is 5.32 Å². The van der Waals surface area contributed by atoms with Crippen molar-refractivity contribution in [2.24, 2.45) is 0 Å². The highest BCUT2D eigenvalue weighted by atomic mass is 19.1. The third-order valence-electron chi connectivity index (χ3n) is 4.16. The van der Waals surface area contributed by atoms with Crippen LogP contribution in [-0.4, -0.2) is 19.9 Å². The number of halogens is 1. The Balaban J connectivity index is 1.69. The van der Waals surface area contributed by atoms with Crippen molar-refractivity contribution in [3.8, 4) is 22.6 Å². The van der Waals surface area contributed by atoms with Crippen molar-refractivity contribution in [3.05, 3.63) is 90.3 Å². The molecule has 138 valence electrons. The second-order valence-electron chi connectivity index (χ2n) is 6.37. The Hall–Kier alpha value is -3.67. The molecule has 0 spiro atoms. The van der Waals surface area contributed by atoms with Crippen LogP contribution in [-0.2, 0) is 6.54 Å². The number of aryl methyl sites for hydroxylation is 1. The van der Waals surface area contributed by atoms with Crippen molar-refractivity contribution in [1.82, 2.24) is 19.9 Å². The molecule has 0 saturated heterocycles. The molecule has 1 N–H and O–H groups in total. The molecule has 2 aromatic carbocycles. The summed E-state index contributed by atoms with van der Waals surface area (Å²) in [4.78, 5) is 17.9. The molecular formula is C22H18FN5. The Morgan fingerprint density at radius 3 is 2.29 bits per heavy atom. The summed E-state index contributed by atoms with van der Waals surface area (Å²) in [5.74, 6) is 1.64. The third-order valence-corrected chi connectivity index (χ3v) is 4.16. The van der Waals surface area contributed by atoms with Gasteiger partial charge in [0.15, 0.2) is 5.82 Å².